The fourth-order valence-electron chi connectivity index (χ4n) is 2.60. The van der Waals surface area contributed by atoms with Crippen LogP contribution in [-0.4, -0.2) is 37.6 Å². The van der Waals surface area contributed by atoms with Crippen LogP contribution >= 0.6 is 0 Å². The summed E-state index contributed by atoms with van der Waals surface area (Å²) in [6, 6.07) is 0.322. The van der Waals surface area contributed by atoms with Crippen LogP contribution in [0.15, 0.2) is 23.2 Å². The monoisotopic (exact) mass is 295 g/mol. The quantitative estimate of drug-likeness (QED) is 0.686. The van der Waals surface area contributed by atoms with Crippen molar-refractivity contribution in [2.45, 2.75) is 58.9 Å². The highest BCUT2D eigenvalue weighted by Gasteiger charge is 2.18. The van der Waals surface area contributed by atoms with E-state index < -0.39 is 0 Å². The summed E-state index contributed by atoms with van der Waals surface area (Å²) in [5.74, 6) is 1.79. The molecule has 0 atom stereocenters. The topological polar surface area (TPSA) is 38.8 Å². The van der Waals surface area contributed by atoms with Crippen molar-refractivity contribution in [3.63, 3.8) is 0 Å². The second-order valence-electron chi connectivity index (χ2n) is 5.56. The molecule has 0 aromatic carbocycles. The second-order valence-corrected chi connectivity index (χ2v) is 5.56. The molecule has 0 unspecified atom stereocenters. The Morgan fingerprint density at radius 2 is 2.00 bits per heavy atom. The van der Waals surface area contributed by atoms with E-state index >= 15 is 0 Å². The molecular weight excluding hydrogens is 266 g/mol. The molecule has 0 heterocycles. The van der Waals surface area contributed by atoms with E-state index in [-0.39, 0.29) is 5.91 Å². The molecule has 0 N–H and O–H groups in total. The lowest BCUT2D eigenvalue weighted by Gasteiger charge is -2.26. The highest BCUT2D eigenvalue weighted by molar-refractivity contribution is 5.76. The Balaban J connectivity index is 2.49. The average molecular weight is 295 g/mol. The zero-order chi connectivity index (χ0) is 15.8. The Hall–Kier alpha value is -1.45. The first-order valence-electron chi connectivity index (χ1n) is 7.86. The summed E-state index contributed by atoms with van der Waals surface area (Å²) >= 11 is 0. The van der Waals surface area contributed by atoms with E-state index in [0.717, 1.165) is 37.2 Å². The van der Waals surface area contributed by atoms with Crippen molar-refractivity contribution in [1.82, 2.24) is 4.90 Å². The van der Waals surface area contributed by atoms with Gasteiger partial charge in [0, 0.05) is 19.5 Å². The number of carbonyl (C=O) groups excluding carboxylic acids is 1. The number of amides is 1. The van der Waals surface area contributed by atoms with Gasteiger partial charge in [-0.3, -0.25) is 4.79 Å². The van der Waals surface area contributed by atoms with E-state index in [1.54, 1.807) is 7.11 Å². The largest absolute Gasteiger partial charge is 0.497 e. The minimum Gasteiger partial charge on any atom is -0.497 e. The molecule has 1 aliphatic rings. The minimum absolute atomic E-state index is 0.139. The van der Waals surface area contributed by atoms with E-state index in [2.05, 4.69) is 20.8 Å². The first-order valence-corrected chi connectivity index (χ1v) is 7.86. The number of methoxy groups -OCH3 is 1. The summed E-state index contributed by atoms with van der Waals surface area (Å²) in [4.78, 5) is 14.0. The standard InChI is InChI=1S/C17H29NO3/c1-6-14(7-2)18(4)17(19)10-11-21-16-12-13(3)8-9-15(16)20-5/h12,14H,6-11H2,1-5H3. The van der Waals surface area contributed by atoms with Gasteiger partial charge < -0.3 is 14.4 Å². The van der Waals surface area contributed by atoms with Gasteiger partial charge in [-0.1, -0.05) is 19.4 Å². The number of hydrogen-bond donors (Lipinski definition) is 0. The van der Waals surface area contributed by atoms with Crippen LogP contribution in [0.2, 0.25) is 0 Å². The molecule has 0 fully saturated rings. The molecule has 0 aromatic heterocycles. The number of allylic oxidation sites excluding steroid dienone is 3. The van der Waals surface area contributed by atoms with Crippen LogP contribution in [0.5, 0.6) is 0 Å². The predicted octanol–water partition coefficient (Wildman–Crippen LogP) is 3.64. The van der Waals surface area contributed by atoms with Gasteiger partial charge in [-0.25, -0.2) is 0 Å². The van der Waals surface area contributed by atoms with Gasteiger partial charge in [0.05, 0.1) is 20.1 Å². The summed E-state index contributed by atoms with van der Waals surface area (Å²) < 4.78 is 11.1. The fraction of sp³-hybridized carbons (Fsp3) is 0.706. The summed E-state index contributed by atoms with van der Waals surface area (Å²) in [6.07, 6.45) is 6.26. The van der Waals surface area contributed by atoms with Crippen molar-refractivity contribution in [3.05, 3.63) is 23.2 Å². The molecule has 4 nitrogen and oxygen atoms in total. The third-order valence-electron chi connectivity index (χ3n) is 4.10. The van der Waals surface area contributed by atoms with Crippen molar-refractivity contribution < 1.29 is 14.3 Å². The summed E-state index contributed by atoms with van der Waals surface area (Å²) in [5.41, 5.74) is 1.28. The van der Waals surface area contributed by atoms with Gasteiger partial charge in [0.2, 0.25) is 5.91 Å². The Morgan fingerprint density at radius 3 is 2.57 bits per heavy atom. The predicted molar refractivity (Wildman–Crippen MR) is 84.7 cm³/mol. The smallest absolute Gasteiger partial charge is 0.225 e. The van der Waals surface area contributed by atoms with Crippen molar-refractivity contribution in [1.29, 1.82) is 0 Å². The third-order valence-corrected chi connectivity index (χ3v) is 4.10. The molecule has 0 aromatic rings. The number of rotatable bonds is 8. The number of nitrogens with zero attached hydrogens (tertiary/aromatic N) is 1. The molecule has 1 amide bonds. The maximum atomic E-state index is 12.1. The van der Waals surface area contributed by atoms with Gasteiger partial charge in [0.15, 0.2) is 5.76 Å². The lowest BCUT2D eigenvalue weighted by molar-refractivity contribution is -0.132. The van der Waals surface area contributed by atoms with E-state index in [1.165, 1.54) is 5.57 Å². The van der Waals surface area contributed by atoms with Crippen LogP contribution in [0.4, 0.5) is 0 Å². The van der Waals surface area contributed by atoms with E-state index in [1.807, 2.05) is 18.0 Å². The summed E-state index contributed by atoms with van der Waals surface area (Å²) in [7, 11) is 3.55. The first-order chi connectivity index (χ1) is 10.0. The molecule has 21 heavy (non-hydrogen) atoms. The van der Waals surface area contributed by atoms with Crippen molar-refractivity contribution in [2.24, 2.45) is 0 Å². The van der Waals surface area contributed by atoms with Gasteiger partial charge in [-0.15, -0.1) is 0 Å². The van der Waals surface area contributed by atoms with Gasteiger partial charge in [0.25, 0.3) is 0 Å². The molecule has 0 radical (unpaired) electrons. The van der Waals surface area contributed by atoms with E-state index in [9.17, 15) is 4.79 Å². The molecule has 120 valence electrons. The summed E-state index contributed by atoms with van der Waals surface area (Å²) in [5, 5.41) is 0. The van der Waals surface area contributed by atoms with Crippen LogP contribution in [0.3, 0.4) is 0 Å². The molecular formula is C17H29NO3. The Bertz CT molecular complexity index is 408. The lowest BCUT2D eigenvalue weighted by Crippen LogP contribution is -2.36. The number of ether oxygens (including phenoxy) is 2. The fourth-order valence-corrected chi connectivity index (χ4v) is 2.60. The van der Waals surface area contributed by atoms with Crippen molar-refractivity contribution in [2.75, 3.05) is 20.8 Å². The molecule has 0 spiro atoms. The summed E-state index contributed by atoms with van der Waals surface area (Å²) in [6.45, 7) is 6.70. The highest BCUT2D eigenvalue weighted by Crippen LogP contribution is 2.25. The van der Waals surface area contributed by atoms with Gasteiger partial charge in [0.1, 0.15) is 5.76 Å². The van der Waals surface area contributed by atoms with Crippen molar-refractivity contribution >= 4 is 5.91 Å². The molecule has 1 rings (SSSR count). The zero-order valence-corrected chi connectivity index (χ0v) is 14.1. The number of hydrogen-bond acceptors (Lipinski definition) is 3. The minimum atomic E-state index is 0.139. The van der Waals surface area contributed by atoms with Crippen LogP contribution in [0, 0.1) is 0 Å². The zero-order valence-electron chi connectivity index (χ0n) is 14.1. The van der Waals surface area contributed by atoms with Crippen LogP contribution < -0.4 is 0 Å². The third kappa shape index (κ3) is 5.10. The maximum absolute atomic E-state index is 12.1. The molecule has 0 bridgehead atoms. The van der Waals surface area contributed by atoms with Crippen molar-refractivity contribution in [3.8, 4) is 0 Å². The molecule has 4 heteroatoms. The molecule has 0 saturated carbocycles. The van der Waals surface area contributed by atoms with Gasteiger partial charge in [-0.2, -0.15) is 0 Å². The lowest BCUT2D eigenvalue weighted by atomic mass is 10.0. The molecule has 0 saturated heterocycles. The molecule has 1 aliphatic carbocycles. The van der Waals surface area contributed by atoms with Crippen LogP contribution in [-0.2, 0) is 14.3 Å². The Labute approximate surface area is 128 Å². The highest BCUT2D eigenvalue weighted by atomic mass is 16.5. The van der Waals surface area contributed by atoms with Crippen LogP contribution in [0.1, 0.15) is 52.9 Å². The second kappa shape index (κ2) is 8.75. The SMILES string of the molecule is CCC(CC)N(C)C(=O)CCOC1=C(OC)CCC(C)=C1. The van der Waals surface area contributed by atoms with Crippen LogP contribution in [0.25, 0.3) is 0 Å². The van der Waals surface area contributed by atoms with E-state index in [4.69, 9.17) is 9.47 Å². The maximum Gasteiger partial charge on any atom is 0.225 e. The van der Waals surface area contributed by atoms with E-state index in [0.29, 0.717) is 19.1 Å². The van der Waals surface area contributed by atoms with Gasteiger partial charge in [-0.05, 0) is 32.3 Å². The molecule has 0 aliphatic heterocycles. The van der Waals surface area contributed by atoms with Gasteiger partial charge >= 0.3 is 0 Å². The first kappa shape index (κ1) is 17.6. The average Bonchev–Trinajstić information content (AvgIpc) is 2.48. The normalized spacial score (nSPS) is 15.0. The Morgan fingerprint density at radius 1 is 1.33 bits per heavy atom. The number of carbonyl (C=O) groups is 1. The Kier molecular flexibility index (Phi) is 7.34.